The van der Waals surface area contributed by atoms with E-state index in [0.29, 0.717) is 0 Å². The van der Waals surface area contributed by atoms with Crippen LogP contribution in [0.15, 0.2) is 30.4 Å². The Morgan fingerprint density at radius 1 is 1.28 bits per heavy atom. The van der Waals surface area contributed by atoms with E-state index in [1.807, 2.05) is 4.72 Å². The zero-order valence-corrected chi connectivity index (χ0v) is 14.3. The first-order valence-electron chi connectivity index (χ1n) is 6.87. The van der Waals surface area contributed by atoms with Crippen molar-refractivity contribution in [2.75, 3.05) is 25.4 Å². The summed E-state index contributed by atoms with van der Waals surface area (Å²) < 4.78 is 76.8. The van der Waals surface area contributed by atoms with E-state index in [1.54, 1.807) is 0 Å². The fraction of sp³-hybridized carbons (Fsp3) is 0.357. The molecule has 1 aromatic carbocycles. The minimum atomic E-state index is -4.56. The van der Waals surface area contributed by atoms with Gasteiger partial charge in [0.25, 0.3) is 5.91 Å². The van der Waals surface area contributed by atoms with Gasteiger partial charge in [-0.15, -0.1) is 0 Å². The highest BCUT2D eigenvalue weighted by Gasteiger charge is 2.31. The van der Waals surface area contributed by atoms with Crippen LogP contribution in [0.1, 0.15) is 16.8 Å². The molecule has 1 amide bonds. The molecule has 6 nitrogen and oxygen atoms in total. The fourth-order valence-electron chi connectivity index (χ4n) is 1.59. The van der Waals surface area contributed by atoms with Gasteiger partial charge in [0.2, 0.25) is 0 Å². The highest BCUT2D eigenvalue weighted by atomic mass is 32.2. The highest BCUT2D eigenvalue weighted by molar-refractivity contribution is 7.90. The lowest BCUT2D eigenvalue weighted by Crippen LogP contribution is -2.31. The second-order valence-electron chi connectivity index (χ2n) is 5.19. The van der Waals surface area contributed by atoms with Gasteiger partial charge in [-0.05, 0) is 24.6 Å². The van der Waals surface area contributed by atoms with E-state index < -0.39 is 40.1 Å². The van der Waals surface area contributed by atoms with Gasteiger partial charge in [-0.1, -0.05) is 6.58 Å². The molecule has 140 valence electrons. The van der Waals surface area contributed by atoms with E-state index in [1.165, 1.54) is 14.1 Å². The lowest BCUT2D eigenvalue weighted by molar-refractivity contribution is -0.0934. The first-order valence-corrected chi connectivity index (χ1v) is 8.31. The van der Waals surface area contributed by atoms with Crippen molar-refractivity contribution in [1.29, 1.82) is 0 Å². The van der Waals surface area contributed by atoms with Crippen molar-refractivity contribution in [3.05, 3.63) is 41.7 Å². The molecular weight excluding hydrogens is 366 g/mol. The zero-order chi connectivity index (χ0) is 19.4. The minimum Gasteiger partial charge on any atom is -0.352 e. The van der Waals surface area contributed by atoms with Crippen molar-refractivity contribution in [2.45, 2.75) is 12.6 Å². The number of hydrogen-bond acceptors (Lipinski definition) is 3. The number of hydrogen-bond donors (Lipinski definition) is 2. The van der Waals surface area contributed by atoms with Gasteiger partial charge in [0.1, 0.15) is 5.82 Å². The number of halogens is 4. The van der Waals surface area contributed by atoms with Gasteiger partial charge in [-0.2, -0.15) is 25.9 Å². The molecule has 0 atom stereocenters. The Hall–Kier alpha value is -2.14. The summed E-state index contributed by atoms with van der Waals surface area (Å²) in [6.45, 7) is 2.50. The number of amides is 1. The maximum absolute atomic E-state index is 13.4. The molecule has 0 heterocycles. The summed E-state index contributed by atoms with van der Waals surface area (Å²) in [6, 6.07) is 2.75. The van der Waals surface area contributed by atoms with Gasteiger partial charge in [-0.3, -0.25) is 9.52 Å². The van der Waals surface area contributed by atoms with Crippen LogP contribution in [0.5, 0.6) is 0 Å². The van der Waals surface area contributed by atoms with E-state index in [-0.39, 0.29) is 17.8 Å². The first kappa shape index (κ1) is 20.9. The van der Waals surface area contributed by atoms with E-state index in [4.69, 9.17) is 0 Å². The Labute approximate surface area is 142 Å². The monoisotopic (exact) mass is 383 g/mol. The molecule has 0 aliphatic heterocycles. The number of carbonyl (C=O) groups is 1. The Balaban J connectivity index is 2.91. The van der Waals surface area contributed by atoms with E-state index in [2.05, 4.69) is 11.9 Å². The number of nitrogens with one attached hydrogen (secondary N) is 2. The van der Waals surface area contributed by atoms with Crippen LogP contribution in [0.3, 0.4) is 0 Å². The van der Waals surface area contributed by atoms with Gasteiger partial charge in [0.05, 0.1) is 11.3 Å². The van der Waals surface area contributed by atoms with Crippen LogP contribution in [0.25, 0.3) is 0 Å². The standard InChI is InChI=1S/C14H17F4N3O3S/c1-9(14(16,17)18)6-7-19-13(22)11-5-4-10(15)8-12(11)20-25(23,24)21(2)3/h4-5,8,20H,1,6-7H2,2-3H3,(H,19,22). The van der Waals surface area contributed by atoms with Gasteiger partial charge in [0.15, 0.2) is 0 Å². The number of benzene rings is 1. The summed E-state index contributed by atoms with van der Waals surface area (Å²) in [5, 5.41) is 2.21. The minimum absolute atomic E-state index is 0.232. The van der Waals surface area contributed by atoms with Crippen LogP contribution in [0.2, 0.25) is 0 Å². The predicted molar refractivity (Wildman–Crippen MR) is 84.8 cm³/mol. The first-order chi connectivity index (χ1) is 11.3. The quantitative estimate of drug-likeness (QED) is 0.560. The van der Waals surface area contributed by atoms with Crippen molar-refractivity contribution in [2.24, 2.45) is 0 Å². The lowest BCUT2D eigenvalue weighted by Gasteiger charge is -2.16. The molecule has 11 heteroatoms. The van der Waals surface area contributed by atoms with Gasteiger partial charge in [-0.25, -0.2) is 4.39 Å². The molecule has 0 aromatic heterocycles. The summed E-state index contributed by atoms with van der Waals surface area (Å²) in [6.07, 6.45) is -5.09. The number of anilines is 1. The Morgan fingerprint density at radius 3 is 2.40 bits per heavy atom. The summed E-state index contributed by atoms with van der Waals surface area (Å²) in [5.41, 5.74) is -1.58. The van der Waals surface area contributed by atoms with Crippen LogP contribution in [-0.2, 0) is 10.2 Å². The number of nitrogens with zero attached hydrogens (tertiary/aromatic N) is 1. The molecule has 0 unspecified atom stereocenters. The van der Waals surface area contributed by atoms with Gasteiger partial charge in [0, 0.05) is 26.2 Å². The van der Waals surface area contributed by atoms with Crippen LogP contribution >= 0.6 is 0 Å². The van der Waals surface area contributed by atoms with Crippen LogP contribution in [0.4, 0.5) is 23.2 Å². The molecular formula is C14H17F4N3O3S. The van der Waals surface area contributed by atoms with Crippen molar-refractivity contribution in [1.82, 2.24) is 9.62 Å². The Morgan fingerprint density at radius 2 is 1.88 bits per heavy atom. The smallest absolute Gasteiger partial charge is 0.352 e. The third kappa shape index (κ3) is 6.02. The molecule has 1 rings (SSSR count). The van der Waals surface area contributed by atoms with E-state index >= 15 is 0 Å². The molecule has 0 fully saturated rings. The van der Waals surface area contributed by atoms with Crippen molar-refractivity contribution >= 4 is 21.8 Å². The van der Waals surface area contributed by atoms with Crippen LogP contribution in [0, 0.1) is 5.82 Å². The maximum atomic E-state index is 13.4. The lowest BCUT2D eigenvalue weighted by atomic mass is 10.1. The number of carbonyl (C=O) groups excluding carboxylic acids is 1. The summed E-state index contributed by atoms with van der Waals surface area (Å²) in [4.78, 5) is 12.1. The Bertz CT molecular complexity index is 761. The zero-order valence-electron chi connectivity index (χ0n) is 13.4. The molecule has 0 bridgehead atoms. The summed E-state index contributed by atoms with van der Waals surface area (Å²) in [5.74, 6) is -1.65. The molecule has 2 N–H and O–H groups in total. The Kier molecular flexibility index (Phi) is 6.54. The average molecular weight is 383 g/mol. The summed E-state index contributed by atoms with van der Waals surface area (Å²) >= 11 is 0. The second-order valence-corrected chi connectivity index (χ2v) is 7.07. The molecule has 0 aliphatic carbocycles. The molecule has 0 aliphatic rings. The topological polar surface area (TPSA) is 78.5 Å². The van der Waals surface area contributed by atoms with Crippen molar-refractivity contribution in [3.8, 4) is 0 Å². The molecule has 0 spiro atoms. The largest absolute Gasteiger partial charge is 0.412 e. The highest BCUT2D eigenvalue weighted by Crippen LogP contribution is 2.26. The van der Waals surface area contributed by atoms with Gasteiger partial charge < -0.3 is 5.32 Å². The van der Waals surface area contributed by atoms with Crippen molar-refractivity contribution in [3.63, 3.8) is 0 Å². The number of alkyl halides is 3. The van der Waals surface area contributed by atoms with Crippen LogP contribution < -0.4 is 10.0 Å². The normalized spacial score (nSPS) is 12.1. The molecule has 25 heavy (non-hydrogen) atoms. The third-order valence-corrected chi connectivity index (χ3v) is 4.50. The molecule has 1 aromatic rings. The van der Waals surface area contributed by atoms with Crippen molar-refractivity contribution < 1.29 is 30.8 Å². The predicted octanol–water partition coefficient (Wildman–Crippen LogP) is 2.28. The second kappa shape index (κ2) is 7.83. The molecule has 0 radical (unpaired) electrons. The third-order valence-electron chi connectivity index (χ3n) is 3.06. The maximum Gasteiger partial charge on any atom is 0.412 e. The molecule has 0 saturated heterocycles. The summed E-state index contributed by atoms with van der Waals surface area (Å²) in [7, 11) is -1.55. The van der Waals surface area contributed by atoms with E-state index in [9.17, 15) is 30.8 Å². The van der Waals surface area contributed by atoms with E-state index in [0.717, 1.165) is 22.5 Å². The average Bonchev–Trinajstić information content (AvgIpc) is 2.45. The number of rotatable bonds is 7. The van der Waals surface area contributed by atoms with Gasteiger partial charge >= 0.3 is 16.4 Å². The SMILES string of the molecule is C=C(CCNC(=O)c1ccc(F)cc1NS(=O)(=O)N(C)C)C(F)(F)F. The van der Waals surface area contributed by atoms with Crippen LogP contribution in [-0.4, -0.2) is 45.4 Å². The molecule has 0 saturated carbocycles. The fourth-order valence-corrected chi connectivity index (χ4v) is 2.22.